The molecular formula is C31H26N2O4. The molecule has 0 aliphatic heterocycles. The minimum atomic E-state index is -0.540. The van der Waals surface area contributed by atoms with Gasteiger partial charge in [0, 0.05) is 39.1 Å². The van der Waals surface area contributed by atoms with Crippen LogP contribution in [0, 0.1) is 0 Å². The van der Waals surface area contributed by atoms with Crippen molar-refractivity contribution in [3.63, 3.8) is 0 Å². The fourth-order valence-corrected chi connectivity index (χ4v) is 5.39. The van der Waals surface area contributed by atoms with Crippen LogP contribution >= 0.6 is 0 Å². The van der Waals surface area contributed by atoms with Gasteiger partial charge in [-0.05, 0) is 31.5 Å². The first-order valence-electron chi connectivity index (χ1n) is 12.5. The molecule has 0 aliphatic carbocycles. The molecule has 0 aliphatic rings. The number of esters is 2. The van der Waals surface area contributed by atoms with Gasteiger partial charge in [0.25, 0.3) is 0 Å². The average molecular weight is 491 g/mol. The summed E-state index contributed by atoms with van der Waals surface area (Å²) in [6.45, 7) is 4.51. The maximum absolute atomic E-state index is 13.7. The Kier molecular flexibility index (Phi) is 5.64. The molecule has 0 atom stereocenters. The molecule has 37 heavy (non-hydrogen) atoms. The first-order valence-corrected chi connectivity index (χ1v) is 12.5. The molecule has 6 heteroatoms. The second-order valence-corrected chi connectivity index (χ2v) is 8.92. The van der Waals surface area contributed by atoms with Gasteiger partial charge in [0.05, 0.1) is 35.4 Å². The van der Waals surface area contributed by atoms with E-state index in [9.17, 15) is 9.59 Å². The van der Waals surface area contributed by atoms with Crippen LogP contribution in [-0.2, 0) is 16.0 Å². The van der Waals surface area contributed by atoms with E-state index in [1.807, 2.05) is 66.7 Å². The summed E-state index contributed by atoms with van der Waals surface area (Å²) < 4.78 is 13.3. The average Bonchev–Trinajstić information content (AvgIpc) is 3.45. The number of nitrogens with zero attached hydrogens (tertiary/aromatic N) is 1. The van der Waals surface area contributed by atoms with Crippen LogP contribution in [0.4, 0.5) is 0 Å². The third-order valence-corrected chi connectivity index (χ3v) is 6.81. The van der Waals surface area contributed by atoms with Gasteiger partial charge in [0.15, 0.2) is 0 Å². The molecule has 0 saturated heterocycles. The molecule has 2 heterocycles. The van der Waals surface area contributed by atoms with Gasteiger partial charge in [-0.25, -0.2) is 9.59 Å². The lowest BCUT2D eigenvalue weighted by Gasteiger charge is -2.14. The molecule has 6 rings (SSSR count). The Bertz CT molecular complexity index is 1810. The lowest BCUT2D eigenvalue weighted by atomic mass is 9.95. The van der Waals surface area contributed by atoms with E-state index in [1.165, 1.54) is 0 Å². The number of carbonyl (C=O) groups excluding carboxylic acids is 2. The molecule has 184 valence electrons. The van der Waals surface area contributed by atoms with E-state index in [1.54, 1.807) is 13.8 Å². The number of carbonyl (C=O) groups is 2. The van der Waals surface area contributed by atoms with Crippen LogP contribution < -0.4 is 0 Å². The van der Waals surface area contributed by atoms with Crippen molar-refractivity contribution < 1.29 is 19.1 Å². The van der Waals surface area contributed by atoms with Crippen molar-refractivity contribution in [2.45, 2.75) is 20.4 Å². The summed E-state index contributed by atoms with van der Waals surface area (Å²) in [4.78, 5) is 30.8. The third kappa shape index (κ3) is 3.56. The number of rotatable bonds is 6. The summed E-state index contributed by atoms with van der Waals surface area (Å²) in [5.74, 6) is -1.08. The second kappa shape index (κ2) is 9.13. The van der Waals surface area contributed by atoms with Gasteiger partial charge in [0.2, 0.25) is 0 Å². The number of hydrogen-bond acceptors (Lipinski definition) is 4. The van der Waals surface area contributed by atoms with Gasteiger partial charge in [-0.2, -0.15) is 0 Å². The van der Waals surface area contributed by atoms with E-state index in [2.05, 4.69) is 21.7 Å². The van der Waals surface area contributed by atoms with E-state index < -0.39 is 11.9 Å². The number of hydrogen-bond donors (Lipinski definition) is 1. The Hall–Kier alpha value is -4.58. The van der Waals surface area contributed by atoms with E-state index in [0.29, 0.717) is 17.3 Å². The molecule has 0 unspecified atom stereocenters. The fourth-order valence-electron chi connectivity index (χ4n) is 5.39. The van der Waals surface area contributed by atoms with Crippen molar-refractivity contribution in [3.8, 4) is 0 Å². The lowest BCUT2D eigenvalue weighted by Crippen LogP contribution is -2.15. The standard InChI is InChI=1S/C31H26N2O4/c1-3-36-30(34)26-24-20-14-8-10-16-22(20)32-28(24)29-25(27(26)31(35)37-4-2)21-15-9-11-17-23(21)33(29)18-19-12-6-5-7-13-19/h5-17,32H,3-4,18H2,1-2H3. The number of aromatic nitrogens is 2. The molecule has 1 N–H and O–H groups in total. The van der Waals surface area contributed by atoms with Gasteiger partial charge in [-0.15, -0.1) is 0 Å². The van der Waals surface area contributed by atoms with Crippen molar-refractivity contribution in [3.05, 3.63) is 95.6 Å². The van der Waals surface area contributed by atoms with Gasteiger partial charge in [-0.3, -0.25) is 0 Å². The molecule has 6 nitrogen and oxygen atoms in total. The zero-order valence-electron chi connectivity index (χ0n) is 20.7. The highest BCUT2D eigenvalue weighted by atomic mass is 16.5. The van der Waals surface area contributed by atoms with Crippen molar-refractivity contribution in [1.82, 2.24) is 9.55 Å². The zero-order valence-corrected chi connectivity index (χ0v) is 20.7. The quantitative estimate of drug-likeness (QED) is 0.260. The maximum Gasteiger partial charge on any atom is 0.339 e. The van der Waals surface area contributed by atoms with Crippen molar-refractivity contribution in [2.24, 2.45) is 0 Å². The van der Waals surface area contributed by atoms with Gasteiger partial charge >= 0.3 is 11.9 Å². The van der Waals surface area contributed by atoms with E-state index in [-0.39, 0.29) is 24.3 Å². The van der Waals surface area contributed by atoms with Gasteiger partial charge in [-0.1, -0.05) is 66.7 Å². The molecule has 2 aromatic heterocycles. The Labute approximate surface area is 213 Å². The molecule has 0 radical (unpaired) electrons. The Morgan fingerprint density at radius 3 is 2.03 bits per heavy atom. The summed E-state index contributed by atoms with van der Waals surface area (Å²) in [7, 11) is 0. The van der Waals surface area contributed by atoms with E-state index in [4.69, 9.17) is 9.47 Å². The van der Waals surface area contributed by atoms with Crippen LogP contribution in [0.15, 0.2) is 78.9 Å². The monoisotopic (exact) mass is 490 g/mol. The number of fused-ring (bicyclic) bond motifs is 7. The minimum absolute atomic E-state index is 0.192. The number of para-hydroxylation sites is 2. The highest BCUT2D eigenvalue weighted by Crippen LogP contribution is 2.43. The van der Waals surface area contributed by atoms with E-state index >= 15 is 0 Å². The molecule has 0 amide bonds. The number of nitrogens with one attached hydrogen (secondary N) is 1. The summed E-state index contributed by atoms with van der Waals surface area (Å²) in [5, 5.41) is 3.08. The Balaban J connectivity index is 1.88. The molecule has 0 saturated carbocycles. The number of ether oxygens (including phenoxy) is 2. The maximum atomic E-state index is 13.7. The second-order valence-electron chi connectivity index (χ2n) is 8.92. The highest BCUT2D eigenvalue weighted by Gasteiger charge is 2.31. The third-order valence-electron chi connectivity index (χ3n) is 6.81. The first kappa shape index (κ1) is 22.9. The number of aromatic amines is 1. The van der Waals surface area contributed by atoms with Crippen LogP contribution in [0.3, 0.4) is 0 Å². The molecule has 0 bridgehead atoms. The summed E-state index contributed by atoms with van der Waals surface area (Å²) in [5.41, 5.74) is 5.10. The molecule has 0 spiro atoms. The Morgan fingerprint density at radius 1 is 0.730 bits per heavy atom. The normalized spacial score (nSPS) is 11.5. The first-order chi connectivity index (χ1) is 18.1. The topological polar surface area (TPSA) is 73.3 Å². The highest BCUT2D eigenvalue weighted by molar-refractivity contribution is 6.33. The Morgan fingerprint density at radius 2 is 1.32 bits per heavy atom. The predicted molar refractivity (Wildman–Crippen MR) is 146 cm³/mol. The largest absolute Gasteiger partial charge is 0.462 e. The molecular weight excluding hydrogens is 464 g/mol. The lowest BCUT2D eigenvalue weighted by molar-refractivity contribution is 0.0483. The van der Waals surface area contributed by atoms with Crippen LogP contribution in [0.5, 0.6) is 0 Å². The molecule has 4 aromatic carbocycles. The van der Waals surface area contributed by atoms with Gasteiger partial charge in [0.1, 0.15) is 0 Å². The van der Waals surface area contributed by atoms with Crippen molar-refractivity contribution in [1.29, 1.82) is 0 Å². The summed E-state index contributed by atoms with van der Waals surface area (Å²) >= 11 is 0. The van der Waals surface area contributed by atoms with Crippen LogP contribution in [0.1, 0.15) is 40.1 Å². The summed E-state index contributed by atoms with van der Waals surface area (Å²) in [6.07, 6.45) is 0. The van der Waals surface area contributed by atoms with Crippen LogP contribution in [0.25, 0.3) is 43.6 Å². The zero-order chi connectivity index (χ0) is 25.5. The number of benzene rings is 4. The van der Waals surface area contributed by atoms with Crippen LogP contribution in [-0.4, -0.2) is 34.7 Å². The molecule has 0 fully saturated rings. The van der Waals surface area contributed by atoms with Crippen LogP contribution in [0.2, 0.25) is 0 Å². The van der Waals surface area contributed by atoms with Crippen molar-refractivity contribution in [2.75, 3.05) is 13.2 Å². The minimum Gasteiger partial charge on any atom is -0.462 e. The molecule has 6 aromatic rings. The summed E-state index contributed by atoms with van der Waals surface area (Å²) in [6, 6.07) is 26.0. The smallest absolute Gasteiger partial charge is 0.339 e. The fraction of sp³-hybridized carbons (Fsp3) is 0.161. The van der Waals surface area contributed by atoms with E-state index in [0.717, 1.165) is 38.4 Å². The number of H-pyrrole nitrogens is 1. The van der Waals surface area contributed by atoms with Gasteiger partial charge < -0.3 is 19.0 Å². The predicted octanol–water partition coefficient (Wildman–Crippen LogP) is 6.83. The SMILES string of the molecule is CCOC(=O)c1c(C(=O)OCC)c2c3ccccc3n(Cc3ccccc3)c2c2[nH]c3ccccc3c12. The van der Waals surface area contributed by atoms with Crippen molar-refractivity contribution >= 4 is 55.6 Å².